The third-order valence-electron chi connectivity index (χ3n) is 6.81. The molecule has 2 aromatic carbocycles. The number of hydrogen-bond acceptors (Lipinski definition) is 9. The zero-order chi connectivity index (χ0) is 31.9. The van der Waals surface area contributed by atoms with E-state index in [-0.39, 0.29) is 36.0 Å². The Bertz CT molecular complexity index is 1720. The molecule has 13 heteroatoms. The normalized spacial score (nSPS) is 12.8. The van der Waals surface area contributed by atoms with Crippen molar-refractivity contribution in [2.24, 2.45) is 0 Å². The molecule has 0 radical (unpaired) electrons. The lowest BCUT2D eigenvalue weighted by molar-refractivity contribution is -0.111. The summed E-state index contributed by atoms with van der Waals surface area (Å²) in [5.41, 5.74) is 2.46. The van der Waals surface area contributed by atoms with E-state index in [1.165, 1.54) is 25.2 Å². The van der Waals surface area contributed by atoms with Gasteiger partial charge in [0.2, 0.25) is 11.9 Å². The lowest BCUT2D eigenvalue weighted by Gasteiger charge is -2.36. The maximum Gasteiger partial charge on any atom is 0.330 e. The van der Waals surface area contributed by atoms with Crippen LogP contribution in [0.2, 0.25) is 5.02 Å². The Kier molecular flexibility index (Phi) is 9.76. The van der Waals surface area contributed by atoms with Crippen LogP contribution in [0.4, 0.5) is 33.8 Å². The number of nitrogens with one attached hydrogen (secondary N) is 2. The smallest absolute Gasteiger partial charge is 0.330 e. The van der Waals surface area contributed by atoms with E-state index in [4.69, 9.17) is 26.1 Å². The van der Waals surface area contributed by atoms with E-state index in [1.54, 1.807) is 47.6 Å². The van der Waals surface area contributed by atoms with Gasteiger partial charge in [-0.15, -0.1) is 0 Å². The number of ether oxygens (including phenoxy) is 2. The quantitative estimate of drug-likeness (QED) is 0.207. The predicted octanol–water partition coefficient (Wildman–Crippen LogP) is 5.49. The zero-order valence-corrected chi connectivity index (χ0v) is 26.1. The molecule has 0 bridgehead atoms. The number of rotatable bonds is 11. The van der Waals surface area contributed by atoms with Gasteiger partial charge < -0.3 is 25.0 Å². The minimum absolute atomic E-state index is 0.140. The van der Waals surface area contributed by atoms with Gasteiger partial charge in [-0.05, 0) is 43.9 Å². The van der Waals surface area contributed by atoms with E-state index in [1.807, 2.05) is 49.3 Å². The summed E-state index contributed by atoms with van der Waals surface area (Å²) in [5.74, 6) is 1.86. The molecule has 0 fully saturated rings. The summed E-state index contributed by atoms with van der Waals surface area (Å²) >= 11 is 6.72. The number of carbonyl (C=O) groups is 2. The van der Waals surface area contributed by atoms with E-state index in [9.17, 15) is 9.59 Å². The first-order valence-corrected chi connectivity index (χ1v) is 14.4. The molecule has 0 saturated heterocycles. The van der Waals surface area contributed by atoms with E-state index in [0.29, 0.717) is 46.6 Å². The second-order valence-electron chi connectivity index (χ2n) is 10.4. The first-order valence-electron chi connectivity index (χ1n) is 14.0. The Morgan fingerprint density at radius 2 is 1.93 bits per heavy atom. The van der Waals surface area contributed by atoms with Crippen LogP contribution in [0, 0.1) is 0 Å². The summed E-state index contributed by atoms with van der Waals surface area (Å²) in [6.07, 6.45) is 6.60. The molecule has 3 heterocycles. The summed E-state index contributed by atoms with van der Waals surface area (Å²) in [6, 6.07) is 15.7. The molecule has 0 atom stereocenters. The number of fused-ring (bicyclic) bond motifs is 1. The number of anilines is 5. The van der Waals surface area contributed by atoms with E-state index < -0.39 is 0 Å². The molecule has 2 aromatic heterocycles. The number of carbonyl (C=O) groups excluding carboxylic acids is 2. The van der Waals surface area contributed by atoms with Crippen LogP contribution in [0.3, 0.4) is 0 Å². The number of likely N-dealkylation sites (N-methyl/N-ethyl adjacent to an activating group) is 1. The molecular weight excluding hydrogens is 596 g/mol. The molecule has 0 saturated carbocycles. The lowest BCUT2D eigenvalue weighted by atomic mass is 10.1. The highest BCUT2D eigenvalue weighted by Crippen LogP contribution is 2.42. The first kappa shape index (κ1) is 31.2. The van der Waals surface area contributed by atoms with Crippen LogP contribution in [-0.4, -0.2) is 66.6 Å². The van der Waals surface area contributed by atoms with Crippen LogP contribution in [0.1, 0.15) is 11.1 Å². The molecule has 0 aliphatic carbocycles. The number of amides is 3. The van der Waals surface area contributed by atoms with Crippen molar-refractivity contribution in [3.05, 3.63) is 95.3 Å². The molecule has 2 N–H and O–H groups in total. The molecule has 45 heavy (non-hydrogen) atoms. The highest BCUT2D eigenvalue weighted by atomic mass is 35.5. The molecule has 232 valence electrons. The number of methoxy groups -OCH3 is 2. The van der Waals surface area contributed by atoms with Gasteiger partial charge in [-0.25, -0.2) is 14.8 Å². The zero-order valence-electron chi connectivity index (χ0n) is 25.3. The van der Waals surface area contributed by atoms with Crippen molar-refractivity contribution >= 4 is 52.5 Å². The summed E-state index contributed by atoms with van der Waals surface area (Å²) in [6.45, 7) is 0.934. The maximum atomic E-state index is 14.3. The molecular formula is C32H33ClN8O4. The largest absolute Gasteiger partial charge is 0.497 e. The number of hydrogen-bond donors (Lipinski definition) is 2. The number of nitrogens with zero attached hydrogens (tertiary/aromatic N) is 6. The Morgan fingerprint density at radius 1 is 1.09 bits per heavy atom. The van der Waals surface area contributed by atoms with Crippen molar-refractivity contribution < 1.29 is 19.1 Å². The monoisotopic (exact) mass is 628 g/mol. The molecule has 0 spiro atoms. The Labute approximate surface area is 266 Å². The molecule has 1 aliphatic heterocycles. The highest BCUT2D eigenvalue weighted by Gasteiger charge is 2.35. The number of urea groups is 1. The minimum atomic E-state index is -0.372. The first-order chi connectivity index (χ1) is 21.7. The molecule has 0 unspecified atom stereocenters. The van der Waals surface area contributed by atoms with E-state index >= 15 is 0 Å². The SMILES string of the molecule is COc1cc(OC)c(Cl)c(N2Cc3cnc(Nc4ccccn4)nc3N(Cc3cccc(NC(=O)/C=C/CN(C)C)c3)C2=O)c1. The minimum Gasteiger partial charge on any atom is -0.497 e. The maximum absolute atomic E-state index is 14.3. The second-order valence-corrected chi connectivity index (χ2v) is 10.7. The Hall–Kier alpha value is -5.20. The fourth-order valence-electron chi connectivity index (χ4n) is 4.67. The topological polar surface area (TPSA) is 125 Å². The predicted molar refractivity (Wildman–Crippen MR) is 175 cm³/mol. The third kappa shape index (κ3) is 7.48. The van der Waals surface area contributed by atoms with Gasteiger partial charge in [0.15, 0.2) is 0 Å². The number of halogens is 1. The van der Waals surface area contributed by atoms with Crippen molar-refractivity contribution in [3.8, 4) is 11.5 Å². The van der Waals surface area contributed by atoms with E-state index in [0.717, 1.165) is 5.56 Å². The second kappa shape index (κ2) is 14.1. The number of benzene rings is 2. The third-order valence-corrected chi connectivity index (χ3v) is 7.19. The van der Waals surface area contributed by atoms with Gasteiger partial charge in [0.1, 0.15) is 28.2 Å². The van der Waals surface area contributed by atoms with Gasteiger partial charge in [0.05, 0.1) is 33.0 Å². The lowest BCUT2D eigenvalue weighted by Crippen LogP contribution is -2.47. The van der Waals surface area contributed by atoms with Crippen LogP contribution in [0.15, 0.2) is 79.1 Å². The van der Waals surface area contributed by atoms with Gasteiger partial charge in [-0.2, -0.15) is 4.98 Å². The fraction of sp³-hybridized carbons (Fsp3) is 0.219. The van der Waals surface area contributed by atoms with Gasteiger partial charge in [0.25, 0.3) is 0 Å². The van der Waals surface area contributed by atoms with Crippen LogP contribution in [-0.2, 0) is 17.9 Å². The van der Waals surface area contributed by atoms with Gasteiger partial charge in [-0.3, -0.25) is 14.6 Å². The van der Waals surface area contributed by atoms with Crippen LogP contribution in [0.5, 0.6) is 11.5 Å². The summed E-state index contributed by atoms with van der Waals surface area (Å²) in [4.78, 5) is 45.3. The molecule has 5 rings (SSSR count). The Morgan fingerprint density at radius 3 is 2.67 bits per heavy atom. The van der Waals surface area contributed by atoms with Crippen LogP contribution in [0.25, 0.3) is 0 Å². The summed E-state index contributed by atoms with van der Waals surface area (Å²) < 4.78 is 10.9. The van der Waals surface area contributed by atoms with Crippen molar-refractivity contribution in [1.82, 2.24) is 19.9 Å². The van der Waals surface area contributed by atoms with Gasteiger partial charge in [-0.1, -0.05) is 35.9 Å². The Balaban J connectivity index is 1.50. The summed E-state index contributed by atoms with van der Waals surface area (Å²) in [7, 11) is 6.87. The van der Waals surface area contributed by atoms with E-state index in [2.05, 4.69) is 20.6 Å². The van der Waals surface area contributed by atoms with Crippen molar-refractivity contribution in [2.75, 3.05) is 55.3 Å². The van der Waals surface area contributed by atoms with Crippen molar-refractivity contribution in [3.63, 3.8) is 0 Å². The average molecular weight is 629 g/mol. The van der Waals surface area contributed by atoms with Gasteiger partial charge in [0, 0.05) is 48.4 Å². The fourth-order valence-corrected chi connectivity index (χ4v) is 4.95. The molecule has 1 aliphatic rings. The molecule has 3 amide bonds. The standard InChI is InChI=1S/C32H33ClN8O4/c1-39(2)14-8-12-28(42)36-23-10-7-9-21(15-23)19-41-30-22(18-35-31(38-30)37-27-11-5-6-13-34-27)20-40(32(41)43)25-16-24(44-3)17-26(45-4)29(25)33/h5-13,15-18H,14,19-20H2,1-4H3,(H,36,42)(H,34,35,37,38)/b12-8+. The van der Waals surface area contributed by atoms with Crippen LogP contribution >= 0.6 is 11.6 Å². The number of aromatic nitrogens is 3. The van der Waals surface area contributed by atoms with Crippen molar-refractivity contribution in [2.45, 2.75) is 13.1 Å². The molecule has 12 nitrogen and oxygen atoms in total. The molecule has 4 aromatic rings. The summed E-state index contributed by atoms with van der Waals surface area (Å²) in [5, 5.41) is 6.24. The highest BCUT2D eigenvalue weighted by molar-refractivity contribution is 6.35. The average Bonchev–Trinajstić information content (AvgIpc) is 3.03. The van der Waals surface area contributed by atoms with Crippen molar-refractivity contribution in [1.29, 1.82) is 0 Å². The van der Waals surface area contributed by atoms with Crippen LogP contribution < -0.4 is 29.9 Å². The van der Waals surface area contributed by atoms with Gasteiger partial charge >= 0.3 is 6.03 Å². The number of pyridine rings is 1.